The Balaban J connectivity index is 1.83. The molecule has 0 bridgehead atoms. The van der Waals surface area contributed by atoms with Crippen LogP contribution in [-0.2, 0) is 21.6 Å². The van der Waals surface area contributed by atoms with Crippen molar-refractivity contribution >= 4 is 9.84 Å². The van der Waals surface area contributed by atoms with Crippen molar-refractivity contribution in [2.75, 3.05) is 5.75 Å². The standard InChI is InChI=1S/C27H25F3N2O3S/c1-4-36(34,35)21-9-7-8-19(16-21)18-12-14-20(15-13-18)32-17-24(26(2,3)33)31-25(32)22-10-5-6-11-23(22)27(28,29)30/h5-17,33H,4H2,1-3H3. The molecule has 4 aromatic rings. The Kier molecular flexibility index (Phi) is 6.57. The summed E-state index contributed by atoms with van der Waals surface area (Å²) >= 11 is 0. The number of aliphatic hydroxyl groups is 1. The molecule has 0 aliphatic rings. The molecule has 0 unspecified atom stereocenters. The fourth-order valence-electron chi connectivity index (χ4n) is 3.84. The molecule has 1 N–H and O–H groups in total. The Morgan fingerprint density at radius 1 is 0.917 bits per heavy atom. The van der Waals surface area contributed by atoms with Gasteiger partial charge in [-0.3, -0.25) is 4.57 Å². The molecule has 3 aromatic carbocycles. The lowest BCUT2D eigenvalue weighted by molar-refractivity contribution is -0.137. The molecule has 4 rings (SSSR count). The van der Waals surface area contributed by atoms with Gasteiger partial charge in [-0.1, -0.05) is 49.4 Å². The lowest BCUT2D eigenvalue weighted by Gasteiger charge is -2.14. The summed E-state index contributed by atoms with van der Waals surface area (Å²) in [5.74, 6) is 0.0331. The highest BCUT2D eigenvalue weighted by molar-refractivity contribution is 7.91. The normalized spacial score (nSPS) is 12.6. The fourth-order valence-corrected chi connectivity index (χ4v) is 4.76. The van der Waals surface area contributed by atoms with Gasteiger partial charge >= 0.3 is 6.18 Å². The van der Waals surface area contributed by atoms with Gasteiger partial charge in [-0.05, 0) is 55.3 Å². The summed E-state index contributed by atoms with van der Waals surface area (Å²) in [5, 5.41) is 10.5. The average molecular weight is 515 g/mol. The summed E-state index contributed by atoms with van der Waals surface area (Å²) in [6.45, 7) is 4.61. The lowest BCUT2D eigenvalue weighted by Crippen LogP contribution is -2.15. The minimum absolute atomic E-state index is 0.0122. The predicted molar refractivity (Wildman–Crippen MR) is 132 cm³/mol. The van der Waals surface area contributed by atoms with Crippen molar-refractivity contribution in [3.05, 3.63) is 90.3 Å². The number of halogens is 3. The molecule has 0 atom stereocenters. The van der Waals surface area contributed by atoms with Crippen LogP contribution in [0.2, 0.25) is 0 Å². The molecular weight excluding hydrogens is 489 g/mol. The maximum atomic E-state index is 13.8. The lowest BCUT2D eigenvalue weighted by atomic mass is 10.0. The van der Waals surface area contributed by atoms with Crippen molar-refractivity contribution in [3.63, 3.8) is 0 Å². The first-order valence-corrected chi connectivity index (χ1v) is 12.9. The predicted octanol–water partition coefficient (Wildman–Crippen LogP) is 6.25. The van der Waals surface area contributed by atoms with E-state index in [9.17, 15) is 26.7 Å². The van der Waals surface area contributed by atoms with Crippen molar-refractivity contribution in [1.82, 2.24) is 9.55 Å². The highest BCUT2D eigenvalue weighted by Gasteiger charge is 2.35. The molecule has 1 heterocycles. The van der Waals surface area contributed by atoms with Crippen molar-refractivity contribution in [2.45, 2.75) is 37.4 Å². The van der Waals surface area contributed by atoms with Crippen LogP contribution >= 0.6 is 0 Å². The third-order valence-corrected chi connectivity index (χ3v) is 7.59. The third-order valence-electron chi connectivity index (χ3n) is 5.86. The van der Waals surface area contributed by atoms with Crippen LogP contribution in [0, 0.1) is 0 Å². The molecule has 0 saturated heterocycles. The van der Waals surface area contributed by atoms with Crippen molar-refractivity contribution in [3.8, 4) is 28.2 Å². The summed E-state index contributed by atoms with van der Waals surface area (Å²) in [5.41, 5.74) is -0.124. The number of alkyl halides is 3. The van der Waals surface area contributed by atoms with Crippen molar-refractivity contribution in [1.29, 1.82) is 0 Å². The molecule has 0 spiro atoms. The number of sulfone groups is 1. The van der Waals surface area contributed by atoms with Gasteiger partial charge in [-0.2, -0.15) is 13.2 Å². The molecule has 1 aromatic heterocycles. The van der Waals surface area contributed by atoms with Gasteiger partial charge in [-0.15, -0.1) is 0 Å². The summed E-state index contributed by atoms with van der Waals surface area (Å²) in [6.07, 6.45) is -3.07. The smallest absolute Gasteiger partial charge is 0.384 e. The second-order valence-corrected chi connectivity index (χ2v) is 11.2. The molecule has 0 aliphatic heterocycles. The van der Waals surface area contributed by atoms with E-state index in [0.29, 0.717) is 11.3 Å². The van der Waals surface area contributed by atoms with E-state index in [1.54, 1.807) is 55.5 Å². The van der Waals surface area contributed by atoms with E-state index >= 15 is 0 Å². The van der Waals surface area contributed by atoms with E-state index in [4.69, 9.17) is 0 Å². The minimum Gasteiger partial charge on any atom is -0.384 e. The maximum Gasteiger partial charge on any atom is 0.417 e. The van der Waals surface area contributed by atoms with E-state index in [2.05, 4.69) is 4.98 Å². The molecule has 0 radical (unpaired) electrons. The zero-order valence-electron chi connectivity index (χ0n) is 19.9. The molecule has 0 aliphatic carbocycles. The van der Waals surface area contributed by atoms with E-state index in [1.807, 2.05) is 0 Å². The van der Waals surface area contributed by atoms with Crippen LogP contribution in [-0.4, -0.2) is 28.8 Å². The number of hydrogen-bond acceptors (Lipinski definition) is 4. The number of aromatic nitrogens is 2. The van der Waals surface area contributed by atoms with Crippen LogP contribution in [0.25, 0.3) is 28.2 Å². The highest BCUT2D eigenvalue weighted by atomic mass is 32.2. The van der Waals surface area contributed by atoms with Gasteiger partial charge in [0.2, 0.25) is 0 Å². The Bertz CT molecular complexity index is 1500. The van der Waals surface area contributed by atoms with E-state index in [1.165, 1.54) is 42.8 Å². The topological polar surface area (TPSA) is 72.2 Å². The van der Waals surface area contributed by atoms with Gasteiger partial charge in [0.05, 0.1) is 21.9 Å². The van der Waals surface area contributed by atoms with Crippen LogP contribution in [0.4, 0.5) is 13.2 Å². The monoisotopic (exact) mass is 514 g/mol. The number of benzene rings is 3. The van der Waals surface area contributed by atoms with E-state index in [0.717, 1.165) is 11.6 Å². The van der Waals surface area contributed by atoms with Gasteiger partial charge in [0, 0.05) is 17.4 Å². The molecule has 36 heavy (non-hydrogen) atoms. The van der Waals surface area contributed by atoms with E-state index < -0.39 is 27.2 Å². The Labute approximate surface area is 207 Å². The summed E-state index contributed by atoms with van der Waals surface area (Å²) in [4.78, 5) is 4.60. The summed E-state index contributed by atoms with van der Waals surface area (Å²) < 4.78 is 67.3. The molecule has 9 heteroatoms. The molecule has 5 nitrogen and oxygen atoms in total. The van der Waals surface area contributed by atoms with Crippen LogP contribution in [0.15, 0.2) is 83.9 Å². The maximum absolute atomic E-state index is 13.8. The van der Waals surface area contributed by atoms with Crippen molar-refractivity contribution in [2.24, 2.45) is 0 Å². The van der Waals surface area contributed by atoms with Crippen LogP contribution in [0.5, 0.6) is 0 Å². The highest BCUT2D eigenvalue weighted by Crippen LogP contribution is 2.38. The van der Waals surface area contributed by atoms with E-state index in [-0.39, 0.29) is 27.7 Å². The molecule has 0 amide bonds. The van der Waals surface area contributed by atoms with Gasteiger partial charge < -0.3 is 5.11 Å². The number of imidazole rings is 1. The number of hydrogen-bond donors (Lipinski definition) is 1. The largest absolute Gasteiger partial charge is 0.417 e. The second-order valence-electron chi connectivity index (χ2n) is 8.90. The average Bonchev–Trinajstić information content (AvgIpc) is 3.30. The number of rotatable bonds is 6. The quantitative estimate of drug-likeness (QED) is 0.330. The molecular formula is C27H25F3N2O3S. The minimum atomic E-state index is -4.59. The first kappa shape index (κ1) is 25.7. The van der Waals surface area contributed by atoms with Gasteiger partial charge in [-0.25, -0.2) is 13.4 Å². The first-order valence-electron chi connectivity index (χ1n) is 11.2. The van der Waals surface area contributed by atoms with Gasteiger partial charge in [0.1, 0.15) is 11.4 Å². The molecule has 0 saturated carbocycles. The third kappa shape index (κ3) is 5.08. The van der Waals surface area contributed by atoms with Gasteiger partial charge in [0.25, 0.3) is 0 Å². The zero-order valence-corrected chi connectivity index (χ0v) is 20.7. The SMILES string of the molecule is CCS(=O)(=O)c1cccc(-c2ccc(-n3cc(C(C)(C)O)nc3-c3ccccc3C(F)(F)F)cc2)c1. The van der Waals surface area contributed by atoms with Crippen molar-refractivity contribution < 1.29 is 26.7 Å². The molecule has 0 fully saturated rings. The van der Waals surface area contributed by atoms with Crippen LogP contribution in [0.3, 0.4) is 0 Å². The Hall–Kier alpha value is -3.43. The van der Waals surface area contributed by atoms with Crippen LogP contribution in [0.1, 0.15) is 32.0 Å². The summed E-state index contributed by atoms with van der Waals surface area (Å²) in [7, 11) is -3.37. The Morgan fingerprint density at radius 3 is 2.19 bits per heavy atom. The Morgan fingerprint density at radius 2 is 1.58 bits per heavy atom. The summed E-state index contributed by atoms with van der Waals surface area (Å²) in [6, 6.07) is 18.7. The first-order chi connectivity index (χ1) is 16.8. The fraction of sp³-hybridized carbons (Fsp3) is 0.222. The second kappa shape index (κ2) is 9.22. The zero-order chi connectivity index (χ0) is 26.3. The van der Waals surface area contributed by atoms with Gasteiger partial charge in [0.15, 0.2) is 9.84 Å². The molecule has 188 valence electrons. The number of nitrogens with zero attached hydrogens (tertiary/aromatic N) is 2. The van der Waals surface area contributed by atoms with Crippen LogP contribution < -0.4 is 0 Å².